The zero-order chi connectivity index (χ0) is 14.0. The van der Waals surface area contributed by atoms with E-state index in [0.717, 1.165) is 11.4 Å². The van der Waals surface area contributed by atoms with Crippen LogP contribution in [0.1, 0.15) is 32.6 Å². The zero-order valence-electron chi connectivity index (χ0n) is 11.5. The van der Waals surface area contributed by atoms with Gasteiger partial charge in [0.2, 0.25) is 0 Å². The van der Waals surface area contributed by atoms with Gasteiger partial charge in [-0.2, -0.15) is 0 Å². The summed E-state index contributed by atoms with van der Waals surface area (Å²) in [5.74, 6) is 0. The summed E-state index contributed by atoms with van der Waals surface area (Å²) < 4.78 is 0. The van der Waals surface area contributed by atoms with Crippen molar-refractivity contribution in [2.75, 3.05) is 0 Å². The molecule has 0 saturated heterocycles. The Kier molecular flexibility index (Phi) is 4.70. The van der Waals surface area contributed by atoms with Crippen LogP contribution >= 0.6 is 27.5 Å². The van der Waals surface area contributed by atoms with Crippen LogP contribution in [-0.2, 0) is 6.42 Å². The number of rotatable bonds is 3. The van der Waals surface area contributed by atoms with Gasteiger partial charge in [0.05, 0.1) is 0 Å². The summed E-state index contributed by atoms with van der Waals surface area (Å²) in [5.41, 5.74) is 6.39. The predicted octanol–water partition coefficient (Wildman–Crippen LogP) is 5.94. The van der Waals surface area contributed by atoms with Crippen molar-refractivity contribution < 1.29 is 0 Å². The third kappa shape index (κ3) is 3.40. The molecule has 1 atom stereocenters. The molecular formula is C17H18BrCl. The highest BCUT2D eigenvalue weighted by Gasteiger charge is 2.14. The fourth-order valence-corrected chi connectivity index (χ4v) is 3.39. The second kappa shape index (κ2) is 6.11. The van der Waals surface area contributed by atoms with Crippen LogP contribution in [0.5, 0.6) is 0 Å². The minimum atomic E-state index is 0.250. The van der Waals surface area contributed by atoms with E-state index in [1.54, 1.807) is 0 Å². The molecule has 2 aromatic carbocycles. The van der Waals surface area contributed by atoms with Gasteiger partial charge in [-0.3, -0.25) is 0 Å². The zero-order valence-corrected chi connectivity index (χ0v) is 13.8. The van der Waals surface area contributed by atoms with Gasteiger partial charge in [-0.1, -0.05) is 57.9 Å². The molecule has 0 heterocycles. The normalized spacial score (nSPS) is 12.5. The molecule has 0 aromatic heterocycles. The van der Waals surface area contributed by atoms with E-state index >= 15 is 0 Å². The third-order valence-electron chi connectivity index (χ3n) is 3.61. The van der Waals surface area contributed by atoms with Crippen molar-refractivity contribution in [3.05, 3.63) is 69.2 Å². The Morgan fingerprint density at radius 2 is 1.63 bits per heavy atom. The van der Waals surface area contributed by atoms with Gasteiger partial charge in [-0.05, 0) is 61.1 Å². The van der Waals surface area contributed by atoms with Crippen LogP contribution in [0.2, 0.25) is 5.02 Å². The lowest BCUT2D eigenvalue weighted by Gasteiger charge is -2.15. The summed E-state index contributed by atoms with van der Waals surface area (Å²) in [6.07, 6.45) is 0.953. The molecule has 0 bridgehead atoms. The van der Waals surface area contributed by atoms with E-state index < -0.39 is 0 Å². The number of aryl methyl sites for hydroxylation is 3. The minimum absolute atomic E-state index is 0.250. The Morgan fingerprint density at radius 3 is 2.32 bits per heavy atom. The Balaban J connectivity index is 2.28. The molecule has 0 N–H and O–H groups in total. The highest BCUT2D eigenvalue weighted by Crippen LogP contribution is 2.34. The van der Waals surface area contributed by atoms with Gasteiger partial charge in [-0.15, -0.1) is 0 Å². The van der Waals surface area contributed by atoms with Gasteiger partial charge in [0.15, 0.2) is 0 Å². The van der Waals surface area contributed by atoms with E-state index in [0.29, 0.717) is 0 Å². The third-order valence-corrected chi connectivity index (χ3v) is 4.76. The van der Waals surface area contributed by atoms with Gasteiger partial charge in [0, 0.05) is 9.85 Å². The molecule has 0 aliphatic heterocycles. The lowest BCUT2D eigenvalue weighted by atomic mass is 9.98. The fraction of sp³-hybridized carbons (Fsp3) is 0.294. The molecule has 0 aliphatic carbocycles. The second-order valence-electron chi connectivity index (χ2n) is 5.06. The van der Waals surface area contributed by atoms with Crippen LogP contribution < -0.4 is 0 Å². The number of alkyl halides is 1. The van der Waals surface area contributed by atoms with E-state index in [1.165, 1.54) is 27.8 Å². The first-order valence-electron chi connectivity index (χ1n) is 6.44. The molecular weight excluding hydrogens is 320 g/mol. The number of halogens is 2. The van der Waals surface area contributed by atoms with E-state index in [1.807, 2.05) is 0 Å². The lowest BCUT2D eigenvalue weighted by Crippen LogP contribution is -1.99. The van der Waals surface area contributed by atoms with Crippen LogP contribution in [0.3, 0.4) is 0 Å². The molecule has 0 fully saturated rings. The summed E-state index contributed by atoms with van der Waals surface area (Å²) in [7, 11) is 0. The quantitative estimate of drug-likeness (QED) is 0.608. The first-order chi connectivity index (χ1) is 8.99. The van der Waals surface area contributed by atoms with Gasteiger partial charge in [0.1, 0.15) is 0 Å². The molecule has 100 valence electrons. The summed E-state index contributed by atoms with van der Waals surface area (Å²) >= 11 is 10.2. The van der Waals surface area contributed by atoms with Gasteiger partial charge < -0.3 is 0 Å². The largest absolute Gasteiger partial charge is 0.0840 e. The van der Waals surface area contributed by atoms with Crippen LogP contribution in [0.25, 0.3) is 0 Å². The van der Waals surface area contributed by atoms with Crippen molar-refractivity contribution in [2.24, 2.45) is 0 Å². The lowest BCUT2D eigenvalue weighted by molar-refractivity contribution is 0.935. The summed E-state index contributed by atoms with van der Waals surface area (Å²) in [6.45, 7) is 6.37. The SMILES string of the molecule is Cc1cc(Cl)c(C(Br)Cc2ccccc2C)cc1C. The molecule has 2 heteroatoms. The highest BCUT2D eigenvalue weighted by molar-refractivity contribution is 9.09. The molecule has 19 heavy (non-hydrogen) atoms. The standard InChI is InChI=1S/C17H18BrCl/c1-11-6-4-5-7-14(11)10-16(18)15-8-12(2)13(3)9-17(15)19/h4-9,16H,10H2,1-3H3. The molecule has 1 unspecified atom stereocenters. The van der Waals surface area contributed by atoms with Gasteiger partial charge >= 0.3 is 0 Å². The number of hydrogen-bond donors (Lipinski definition) is 0. The van der Waals surface area contributed by atoms with E-state index in [-0.39, 0.29) is 4.83 Å². The first kappa shape index (κ1) is 14.6. The summed E-state index contributed by atoms with van der Waals surface area (Å²) in [4.78, 5) is 0.250. The molecule has 2 rings (SSSR count). The van der Waals surface area contributed by atoms with Crippen LogP contribution in [0, 0.1) is 20.8 Å². The maximum Gasteiger partial charge on any atom is 0.0452 e. The average molecular weight is 338 g/mol. The predicted molar refractivity (Wildman–Crippen MR) is 87.5 cm³/mol. The van der Waals surface area contributed by atoms with Crippen molar-refractivity contribution in [2.45, 2.75) is 32.0 Å². The first-order valence-corrected chi connectivity index (χ1v) is 7.73. The molecule has 0 aliphatic rings. The maximum atomic E-state index is 6.37. The Bertz CT molecular complexity index is 590. The van der Waals surface area contributed by atoms with E-state index in [4.69, 9.17) is 11.6 Å². The van der Waals surface area contributed by atoms with Crippen molar-refractivity contribution >= 4 is 27.5 Å². The molecule has 0 spiro atoms. The van der Waals surface area contributed by atoms with Gasteiger partial charge in [-0.25, -0.2) is 0 Å². The number of hydrogen-bond acceptors (Lipinski definition) is 0. The van der Waals surface area contributed by atoms with E-state index in [2.05, 4.69) is 73.1 Å². The minimum Gasteiger partial charge on any atom is -0.0840 e. The van der Waals surface area contributed by atoms with Crippen LogP contribution in [0.4, 0.5) is 0 Å². The molecule has 0 saturated carbocycles. The fourth-order valence-electron chi connectivity index (χ4n) is 2.19. The van der Waals surface area contributed by atoms with E-state index in [9.17, 15) is 0 Å². The van der Waals surface area contributed by atoms with Crippen LogP contribution in [-0.4, -0.2) is 0 Å². The Labute approximate surface area is 128 Å². The Hall–Kier alpha value is -0.790. The van der Waals surface area contributed by atoms with Crippen molar-refractivity contribution in [1.29, 1.82) is 0 Å². The topological polar surface area (TPSA) is 0 Å². The Morgan fingerprint density at radius 1 is 1.00 bits per heavy atom. The highest BCUT2D eigenvalue weighted by atomic mass is 79.9. The summed E-state index contributed by atoms with van der Waals surface area (Å²) in [6, 6.07) is 12.7. The molecule has 0 amide bonds. The number of benzene rings is 2. The molecule has 0 nitrogen and oxygen atoms in total. The van der Waals surface area contributed by atoms with Crippen molar-refractivity contribution in [3.8, 4) is 0 Å². The average Bonchev–Trinajstić information content (AvgIpc) is 2.36. The molecule has 2 aromatic rings. The molecule has 0 radical (unpaired) electrons. The van der Waals surface area contributed by atoms with Crippen LogP contribution in [0.15, 0.2) is 36.4 Å². The van der Waals surface area contributed by atoms with Crippen molar-refractivity contribution in [3.63, 3.8) is 0 Å². The van der Waals surface area contributed by atoms with Crippen molar-refractivity contribution in [1.82, 2.24) is 0 Å². The summed E-state index contributed by atoms with van der Waals surface area (Å²) in [5, 5.41) is 0.846. The second-order valence-corrected chi connectivity index (χ2v) is 6.57. The smallest absolute Gasteiger partial charge is 0.0452 e. The maximum absolute atomic E-state index is 6.37. The monoisotopic (exact) mass is 336 g/mol. The van der Waals surface area contributed by atoms with Gasteiger partial charge in [0.25, 0.3) is 0 Å².